The van der Waals surface area contributed by atoms with E-state index in [1.165, 1.54) is 0 Å². The van der Waals surface area contributed by atoms with E-state index in [1.54, 1.807) is 6.20 Å². The molecular weight excluding hydrogens is 152 g/mol. The van der Waals surface area contributed by atoms with Crippen LogP contribution in [-0.2, 0) is 4.74 Å². The summed E-state index contributed by atoms with van der Waals surface area (Å²) in [4.78, 5) is 4.37. The SMILES string of the molecule is CC/C(=C/N)C1=NC(C)CCO1. The van der Waals surface area contributed by atoms with E-state index in [2.05, 4.69) is 11.9 Å². The summed E-state index contributed by atoms with van der Waals surface area (Å²) in [5.41, 5.74) is 6.44. The number of nitrogens with zero attached hydrogens (tertiary/aromatic N) is 1. The Morgan fingerprint density at radius 3 is 3.08 bits per heavy atom. The van der Waals surface area contributed by atoms with Gasteiger partial charge in [-0.25, -0.2) is 4.99 Å². The molecule has 1 aliphatic rings. The second-order valence-electron chi connectivity index (χ2n) is 2.97. The lowest BCUT2D eigenvalue weighted by Gasteiger charge is -2.19. The van der Waals surface area contributed by atoms with Crippen molar-refractivity contribution >= 4 is 5.90 Å². The second kappa shape index (κ2) is 4.14. The van der Waals surface area contributed by atoms with Gasteiger partial charge in [-0.1, -0.05) is 6.92 Å². The van der Waals surface area contributed by atoms with Crippen molar-refractivity contribution in [2.45, 2.75) is 32.7 Å². The Bertz CT molecular complexity index is 209. The van der Waals surface area contributed by atoms with Gasteiger partial charge < -0.3 is 10.5 Å². The van der Waals surface area contributed by atoms with E-state index in [-0.39, 0.29) is 0 Å². The van der Waals surface area contributed by atoms with Crippen LogP contribution >= 0.6 is 0 Å². The second-order valence-corrected chi connectivity index (χ2v) is 2.97. The van der Waals surface area contributed by atoms with Crippen molar-refractivity contribution in [3.8, 4) is 0 Å². The Hall–Kier alpha value is -0.990. The quantitative estimate of drug-likeness (QED) is 0.678. The van der Waals surface area contributed by atoms with Crippen molar-refractivity contribution in [1.82, 2.24) is 0 Å². The zero-order valence-electron chi connectivity index (χ0n) is 7.71. The third-order valence-electron chi connectivity index (χ3n) is 1.97. The molecule has 0 aromatic rings. The first-order valence-corrected chi connectivity index (χ1v) is 4.39. The third-order valence-corrected chi connectivity index (χ3v) is 1.97. The van der Waals surface area contributed by atoms with Gasteiger partial charge in [-0.2, -0.15) is 0 Å². The molecule has 0 saturated heterocycles. The Morgan fingerprint density at radius 1 is 1.83 bits per heavy atom. The molecule has 1 heterocycles. The smallest absolute Gasteiger partial charge is 0.213 e. The summed E-state index contributed by atoms with van der Waals surface area (Å²) in [6.07, 6.45) is 3.46. The molecule has 1 rings (SSSR count). The van der Waals surface area contributed by atoms with Gasteiger partial charge in [0, 0.05) is 18.2 Å². The van der Waals surface area contributed by atoms with Crippen molar-refractivity contribution in [2.24, 2.45) is 10.7 Å². The molecule has 0 spiro atoms. The zero-order chi connectivity index (χ0) is 8.97. The van der Waals surface area contributed by atoms with Gasteiger partial charge in [0.2, 0.25) is 5.90 Å². The Kier molecular flexibility index (Phi) is 3.14. The Labute approximate surface area is 73.3 Å². The highest BCUT2D eigenvalue weighted by molar-refractivity contribution is 5.93. The van der Waals surface area contributed by atoms with Crippen LogP contribution in [0.5, 0.6) is 0 Å². The van der Waals surface area contributed by atoms with Gasteiger partial charge in [0.15, 0.2) is 0 Å². The van der Waals surface area contributed by atoms with Crippen LogP contribution in [0.2, 0.25) is 0 Å². The molecule has 0 radical (unpaired) electrons. The van der Waals surface area contributed by atoms with Crippen LogP contribution in [0.1, 0.15) is 26.7 Å². The van der Waals surface area contributed by atoms with Crippen molar-refractivity contribution in [3.05, 3.63) is 11.8 Å². The maximum Gasteiger partial charge on any atom is 0.213 e. The molecule has 0 aromatic carbocycles. The van der Waals surface area contributed by atoms with Crippen LogP contribution in [0.25, 0.3) is 0 Å². The third kappa shape index (κ3) is 2.00. The summed E-state index contributed by atoms with van der Waals surface area (Å²) >= 11 is 0. The van der Waals surface area contributed by atoms with Gasteiger partial charge >= 0.3 is 0 Å². The number of aliphatic imine (C=N–C) groups is 1. The highest BCUT2D eigenvalue weighted by Crippen LogP contribution is 2.12. The van der Waals surface area contributed by atoms with Gasteiger partial charge in [0.25, 0.3) is 0 Å². The van der Waals surface area contributed by atoms with Gasteiger partial charge in [0.1, 0.15) is 0 Å². The minimum atomic E-state index is 0.371. The highest BCUT2D eigenvalue weighted by Gasteiger charge is 2.14. The summed E-state index contributed by atoms with van der Waals surface area (Å²) < 4.78 is 5.39. The van der Waals surface area contributed by atoms with Crippen molar-refractivity contribution in [2.75, 3.05) is 6.61 Å². The predicted octanol–water partition coefficient (Wildman–Crippen LogP) is 1.45. The van der Waals surface area contributed by atoms with Crippen LogP contribution in [0, 0.1) is 0 Å². The fraction of sp³-hybridized carbons (Fsp3) is 0.667. The van der Waals surface area contributed by atoms with E-state index < -0.39 is 0 Å². The summed E-state index contributed by atoms with van der Waals surface area (Å²) in [6, 6.07) is 0.371. The minimum absolute atomic E-state index is 0.371. The summed E-state index contributed by atoms with van der Waals surface area (Å²) in [7, 11) is 0. The zero-order valence-corrected chi connectivity index (χ0v) is 7.71. The molecule has 0 fully saturated rings. The molecule has 12 heavy (non-hydrogen) atoms. The molecular formula is C9H16N2O. The van der Waals surface area contributed by atoms with E-state index in [0.717, 1.165) is 30.9 Å². The van der Waals surface area contributed by atoms with Gasteiger partial charge in [-0.15, -0.1) is 0 Å². The normalized spacial score (nSPS) is 24.7. The summed E-state index contributed by atoms with van der Waals surface area (Å²) in [5.74, 6) is 0.735. The van der Waals surface area contributed by atoms with Crippen molar-refractivity contribution in [1.29, 1.82) is 0 Å². The van der Waals surface area contributed by atoms with E-state index >= 15 is 0 Å². The number of rotatable bonds is 2. The first kappa shape index (κ1) is 9.10. The number of ether oxygens (including phenoxy) is 1. The summed E-state index contributed by atoms with van der Waals surface area (Å²) in [6.45, 7) is 4.90. The monoisotopic (exact) mass is 168 g/mol. The van der Waals surface area contributed by atoms with Gasteiger partial charge in [-0.3, -0.25) is 0 Å². The standard InChI is InChI=1S/C9H16N2O/c1-3-8(6-10)9-11-7(2)4-5-12-9/h6-7H,3-5,10H2,1-2H3/b8-6-. The van der Waals surface area contributed by atoms with E-state index in [0.29, 0.717) is 6.04 Å². The lowest BCUT2D eigenvalue weighted by Crippen LogP contribution is -2.21. The topological polar surface area (TPSA) is 47.6 Å². The number of nitrogens with two attached hydrogens (primary N) is 1. The number of hydrogen-bond acceptors (Lipinski definition) is 3. The van der Waals surface area contributed by atoms with Gasteiger partial charge in [0.05, 0.1) is 12.6 Å². The molecule has 0 amide bonds. The molecule has 1 aliphatic heterocycles. The molecule has 0 bridgehead atoms. The van der Waals surface area contributed by atoms with Crippen LogP contribution in [0.15, 0.2) is 16.8 Å². The van der Waals surface area contributed by atoms with Crippen LogP contribution < -0.4 is 5.73 Å². The summed E-state index contributed by atoms with van der Waals surface area (Å²) in [5, 5.41) is 0. The maximum atomic E-state index is 5.44. The number of hydrogen-bond donors (Lipinski definition) is 1. The fourth-order valence-electron chi connectivity index (χ4n) is 1.14. The lowest BCUT2D eigenvalue weighted by molar-refractivity contribution is 0.264. The van der Waals surface area contributed by atoms with Crippen LogP contribution in [-0.4, -0.2) is 18.5 Å². The predicted molar refractivity (Wildman–Crippen MR) is 50.0 cm³/mol. The molecule has 2 N–H and O–H groups in total. The largest absolute Gasteiger partial charge is 0.478 e. The lowest BCUT2D eigenvalue weighted by atomic mass is 10.2. The molecule has 0 aliphatic carbocycles. The van der Waals surface area contributed by atoms with Crippen molar-refractivity contribution in [3.63, 3.8) is 0 Å². The molecule has 3 heteroatoms. The highest BCUT2D eigenvalue weighted by atomic mass is 16.5. The van der Waals surface area contributed by atoms with Crippen molar-refractivity contribution < 1.29 is 4.74 Å². The first-order valence-electron chi connectivity index (χ1n) is 4.39. The molecule has 68 valence electrons. The molecule has 0 saturated carbocycles. The molecule has 0 aromatic heterocycles. The van der Waals surface area contributed by atoms with E-state index in [9.17, 15) is 0 Å². The first-order chi connectivity index (χ1) is 5.77. The van der Waals surface area contributed by atoms with E-state index in [1.807, 2.05) is 6.92 Å². The van der Waals surface area contributed by atoms with Crippen LogP contribution in [0.3, 0.4) is 0 Å². The Balaban J connectivity index is 2.72. The fourth-order valence-corrected chi connectivity index (χ4v) is 1.14. The minimum Gasteiger partial charge on any atom is -0.478 e. The average molecular weight is 168 g/mol. The molecule has 3 nitrogen and oxygen atoms in total. The van der Waals surface area contributed by atoms with Gasteiger partial charge in [-0.05, 0) is 13.3 Å². The van der Waals surface area contributed by atoms with E-state index in [4.69, 9.17) is 10.5 Å². The average Bonchev–Trinajstić information content (AvgIpc) is 2.07. The molecule has 1 atom stereocenters. The molecule has 1 unspecified atom stereocenters. The van der Waals surface area contributed by atoms with Crippen LogP contribution in [0.4, 0.5) is 0 Å². The Morgan fingerprint density at radius 2 is 2.58 bits per heavy atom. The maximum absolute atomic E-state index is 5.44.